The van der Waals surface area contributed by atoms with Gasteiger partial charge in [0.05, 0.1) is 0 Å². The first-order valence-electron chi connectivity index (χ1n) is 8.17. The van der Waals surface area contributed by atoms with Crippen molar-refractivity contribution in [2.75, 3.05) is 0 Å². The summed E-state index contributed by atoms with van der Waals surface area (Å²) < 4.78 is 26.2. The number of nitrogens with two attached hydrogens (primary N) is 1. The van der Waals surface area contributed by atoms with Crippen LogP contribution in [-0.2, 0) is 0 Å². The van der Waals surface area contributed by atoms with Crippen molar-refractivity contribution in [3.05, 3.63) is 11.8 Å². The minimum atomic E-state index is -2.55. The van der Waals surface area contributed by atoms with Crippen molar-refractivity contribution in [3.63, 3.8) is 0 Å². The number of allylic oxidation sites excluding steroid dienone is 2. The number of halogens is 2. The fourth-order valence-corrected chi connectivity index (χ4v) is 3.60. The Balaban J connectivity index is 2.15. The zero-order chi connectivity index (χ0) is 17.5. The van der Waals surface area contributed by atoms with E-state index in [1.165, 1.54) is 0 Å². The van der Waals surface area contributed by atoms with Gasteiger partial charge in [-0.1, -0.05) is 31.8 Å². The lowest BCUT2D eigenvalue weighted by molar-refractivity contribution is -0.130. The fraction of sp³-hybridized carbons (Fsp3) is 0.722. The second-order valence-corrected chi connectivity index (χ2v) is 7.57. The molecule has 0 radical (unpaired) electrons. The minimum Gasteiger partial charge on any atom is -0.346 e. The summed E-state index contributed by atoms with van der Waals surface area (Å²) in [6.07, 6.45) is 2.55. The number of hydrazone groups is 1. The van der Waals surface area contributed by atoms with Gasteiger partial charge in [-0.3, -0.25) is 0 Å². The summed E-state index contributed by atoms with van der Waals surface area (Å²) >= 11 is 0. The molecule has 0 aromatic carbocycles. The first-order valence-corrected chi connectivity index (χ1v) is 8.17. The lowest BCUT2D eigenvalue weighted by Gasteiger charge is -2.41. The third-order valence-corrected chi connectivity index (χ3v) is 5.20. The quantitative estimate of drug-likeness (QED) is 0.272. The molecule has 0 spiro atoms. The summed E-state index contributed by atoms with van der Waals surface area (Å²) in [4.78, 5) is 0. The van der Waals surface area contributed by atoms with E-state index in [1.54, 1.807) is 0 Å². The second-order valence-electron chi connectivity index (χ2n) is 7.57. The summed E-state index contributed by atoms with van der Waals surface area (Å²) in [6.45, 7) is 9.97. The SMILES string of the molecule is C/C=C(/C)N/C(=N\N)C1(C(C)C)CC1C#CC1(C)CC(F)(F)C1. The molecule has 2 unspecified atom stereocenters. The van der Waals surface area contributed by atoms with Gasteiger partial charge < -0.3 is 11.2 Å². The van der Waals surface area contributed by atoms with Crippen LogP contribution >= 0.6 is 0 Å². The highest BCUT2D eigenvalue weighted by Crippen LogP contribution is 2.59. The van der Waals surface area contributed by atoms with Gasteiger partial charge in [-0.2, -0.15) is 5.10 Å². The van der Waals surface area contributed by atoms with Gasteiger partial charge in [0, 0.05) is 35.3 Å². The molecule has 0 aliphatic heterocycles. The van der Waals surface area contributed by atoms with Gasteiger partial charge >= 0.3 is 0 Å². The van der Waals surface area contributed by atoms with Crippen LogP contribution in [0.4, 0.5) is 8.78 Å². The van der Waals surface area contributed by atoms with Crippen molar-refractivity contribution in [2.45, 2.75) is 59.8 Å². The Morgan fingerprint density at radius 3 is 2.43 bits per heavy atom. The molecule has 3 N–H and O–H groups in total. The third kappa shape index (κ3) is 3.36. The Bertz CT molecular complexity index is 587. The molecule has 0 aromatic rings. The van der Waals surface area contributed by atoms with E-state index in [0.29, 0.717) is 5.92 Å². The molecule has 5 heteroatoms. The standard InChI is InChI=1S/C18H27F2N3/c1-6-13(4)22-15(23-21)18(12(2)3)9-14(18)7-8-16(5)10-17(19,20)11-16/h6,12,14H,9-11,21H2,1-5H3,(H,22,23)/b13-6-. The normalized spacial score (nSPS) is 31.9. The molecule has 2 atom stereocenters. The molecule has 2 aliphatic carbocycles. The van der Waals surface area contributed by atoms with E-state index >= 15 is 0 Å². The van der Waals surface area contributed by atoms with Crippen LogP contribution in [0.5, 0.6) is 0 Å². The van der Waals surface area contributed by atoms with E-state index in [9.17, 15) is 8.78 Å². The first kappa shape index (κ1) is 17.8. The number of rotatable bonds is 3. The van der Waals surface area contributed by atoms with Crippen molar-refractivity contribution in [3.8, 4) is 11.8 Å². The summed E-state index contributed by atoms with van der Waals surface area (Å²) in [6, 6.07) is 0. The van der Waals surface area contributed by atoms with Gasteiger partial charge in [0.2, 0.25) is 0 Å². The monoisotopic (exact) mass is 323 g/mol. The molecular weight excluding hydrogens is 296 g/mol. The lowest BCUT2D eigenvalue weighted by Crippen LogP contribution is -2.43. The largest absolute Gasteiger partial charge is 0.346 e. The maximum Gasteiger partial charge on any atom is 0.251 e. The molecule has 0 aromatic heterocycles. The summed E-state index contributed by atoms with van der Waals surface area (Å²) in [5.41, 5.74) is 0.231. The van der Waals surface area contributed by atoms with Crippen molar-refractivity contribution in [1.82, 2.24) is 5.32 Å². The minimum absolute atomic E-state index is 0.119. The highest BCUT2D eigenvalue weighted by molar-refractivity contribution is 5.93. The number of nitrogens with one attached hydrogen (secondary N) is 1. The van der Waals surface area contributed by atoms with Crippen molar-refractivity contribution < 1.29 is 8.78 Å². The van der Waals surface area contributed by atoms with Gasteiger partial charge in [-0.25, -0.2) is 8.78 Å². The van der Waals surface area contributed by atoms with E-state index in [1.807, 2.05) is 26.8 Å². The molecule has 2 aliphatic rings. The average Bonchev–Trinajstić information content (AvgIpc) is 3.15. The Kier molecular flexibility index (Phi) is 4.49. The van der Waals surface area contributed by atoms with E-state index < -0.39 is 11.3 Å². The topological polar surface area (TPSA) is 50.4 Å². The van der Waals surface area contributed by atoms with Crippen LogP contribution in [0.1, 0.15) is 53.9 Å². The maximum atomic E-state index is 13.1. The predicted octanol–water partition coefficient (Wildman–Crippen LogP) is 3.87. The molecule has 0 amide bonds. The zero-order valence-electron chi connectivity index (χ0n) is 14.6. The van der Waals surface area contributed by atoms with E-state index in [2.05, 4.69) is 36.1 Å². The Hall–Kier alpha value is -1.57. The fourth-order valence-electron chi connectivity index (χ4n) is 3.60. The lowest BCUT2D eigenvalue weighted by atomic mass is 9.68. The molecule has 3 nitrogen and oxygen atoms in total. The van der Waals surface area contributed by atoms with Crippen molar-refractivity contribution in [2.24, 2.45) is 33.6 Å². The van der Waals surface area contributed by atoms with Crippen molar-refractivity contribution in [1.29, 1.82) is 0 Å². The van der Waals surface area contributed by atoms with E-state index in [-0.39, 0.29) is 24.2 Å². The highest BCUT2D eigenvalue weighted by Gasteiger charge is 2.60. The molecule has 2 saturated carbocycles. The Morgan fingerprint density at radius 1 is 1.39 bits per heavy atom. The highest BCUT2D eigenvalue weighted by atomic mass is 19.3. The van der Waals surface area contributed by atoms with E-state index in [0.717, 1.165) is 18.0 Å². The van der Waals surface area contributed by atoms with Crippen molar-refractivity contribution >= 4 is 5.84 Å². The number of hydrogen-bond donors (Lipinski definition) is 2. The van der Waals surface area contributed by atoms with Crippen LogP contribution in [0.15, 0.2) is 16.9 Å². The molecular formula is C18H27F2N3. The molecule has 0 saturated heterocycles. The first-order chi connectivity index (χ1) is 10.6. The van der Waals surface area contributed by atoms with Crippen LogP contribution < -0.4 is 11.2 Å². The van der Waals surface area contributed by atoms with Crippen LogP contribution in [0.25, 0.3) is 0 Å². The van der Waals surface area contributed by atoms with E-state index in [4.69, 9.17) is 5.84 Å². The molecule has 0 bridgehead atoms. The number of alkyl halides is 2. The summed E-state index contributed by atoms with van der Waals surface area (Å²) in [5.74, 6) is 10.6. The number of nitrogens with zero attached hydrogens (tertiary/aromatic N) is 1. The second kappa shape index (κ2) is 5.81. The Labute approximate surface area is 137 Å². The molecule has 2 fully saturated rings. The molecule has 0 heterocycles. The van der Waals surface area contributed by atoms with Crippen LogP contribution in [0, 0.1) is 34.5 Å². The molecule has 2 rings (SSSR count). The summed E-state index contributed by atoms with van der Waals surface area (Å²) in [7, 11) is 0. The maximum absolute atomic E-state index is 13.1. The summed E-state index contributed by atoms with van der Waals surface area (Å²) in [5, 5.41) is 7.23. The van der Waals surface area contributed by atoms with Gasteiger partial charge in [0.1, 0.15) is 5.84 Å². The van der Waals surface area contributed by atoms with Gasteiger partial charge in [0.25, 0.3) is 5.92 Å². The van der Waals surface area contributed by atoms with Gasteiger partial charge in [0.15, 0.2) is 0 Å². The van der Waals surface area contributed by atoms with Crippen LogP contribution in [-0.4, -0.2) is 11.8 Å². The zero-order valence-corrected chi connectivity index (χ0v) is 14.6. The smallest absolute Gasteiger partial charge is 0.251 e. The number of amidine groups is 1. The molecule has 23 heavy (non-hydrogen) atoms. The predicted molar refractivity (Wildman–Crippen MR) is 89.6 cm³/mol. The van der Waals surface area contributed by atoms with Crippen LogP contribution in [0.3, 0.4) is 0 Å². The Morgan fingerprint density at radius 2 is 2.00 bits per heavy atom. The molecule has 128 valence electrons. The number of hydrogen-bond acceptors (Lipinski definition) is 2. The van der Waals surface area contributed by atoms with Gasteiger partial charge in [-0.05, 0) is 33.1 Å². The van der Waals surface area contributed by atoms with Gasteiger partial charge in [-0.15, -0.1) is 0 Å². The van der Waals surface area contributed by atoms with Crippen LogP contribution in [0.2, 0.25) is 0 Å². The average molecular weight is 323 g/mol. The third-order valence-electron chi connectivity index (χ3n) is 5.20.